The maximum absolute atomic E-state index is 6.49. The van der Waals surface area contributed by atoms with Gasteiger partial charge in [0.2, 0.25) is 11.9 Å². The molecule has 0 amide bonds. The fraction of sp³-hybridized carbons (Fsp3) is 0. The Morgan fingerprint density at radius 1 is 0.319 bits per heavy atom. The normalized spacial score (nSPS) is 12.1. The van der Waals surface area contributed by atoms with Crippen molar-refractivity contribution in [1.82, 2.24) is 19.9 Å². The highest BCUT2D eigenvalue weighted by molar-refractivity contribution is 7.25. The lowest BCUT2D eigenvalue weighted by molar-refractivity contribution is 0.668. The molecule has 0 atom stereocenters. The topological polar surface area (TPSA) is 84.3 Å². The van der Waals surface area contributed by atoms with E-state index in [4.69, 9.17) is 28.8 Å². The van der Waals surface area contributed by atoms with Crippen LogP contribution in [0.5, 0.6) is 0 Å². The van der Waals surface area contributed by atoms with Gasteiger partial charge in [0.25, 0.3) is 0 Å². The number of anilines is 6. The van der Waals surface area contributed by atoms with Crippen molar-refractivity contribution in [2.24, 2.45) is 0 Å². The molecule has 0 fully saturated rings. The van der Waals surface area contributed by atoms with Gasteiger partial charge in [-0.1, -0.05) is 145 Å². The highest BCUT2D eigenvalue weighted by Gasteiger charge is 2.26. The monoisotopic (exact) mass is 902 g/mol. The average molecular weight is 903 g/mol. The number of thiophene rings is 1. The fourth-order valence-electron chi connectivity index (χ4n) is 10.4. The molecule has 0 saturated carbocycles. The molecule has 10 aromatic carbocycles. The summed E-state index contributed by atoms with van der Waals surface area (Å²) < 4.78 is 13.0. The third-order valence-corrected chi connectivity index (χ3v) is 14.5. The molecular formula is C60H34N6O2S. The smallest absolute Gasteiger partial charge is 0.236 e. The first-order valence-electron chi connectivity index (χ1n) is 22.8. The van der Waals surface area contributed by atoms with E-state index in [2.05, 4.69) is 168 Å². The molecule has 9 heteroatoms. The minimum absolute atomic E-state index is 0.530. The van der Waals surface area contributed by atoms with Crippen molar-refractivity contribution in [2.75, 3.05) is 9.80 Å². The van der Waals surface area contributed by atoms with Crippen LogP contribution in [0.25, 0.3) is 107 Å². The van der Waals surface area contributed by atoms with Gasteiger partial charge in [-0.3, -0.25) is 9.80 Å². The van der Waals surface area contributed by atoms with Gasteiger partial charge in [-0.15, -0.1) is 0 Å². The second-order valence-electron chi connectivity index (χ2n) is 17.4. The maximum atomic E-state index is 6.49. The predicted molar refractivity (Wildman–Crippen MR) is 284 cm³/mol. The summed E-state index contributed by atoms with van der Waals surface area (Å²) in [4.78, 5) is 27.2. The quantitative estimate of drug-likeness (QED) is 0.153. The lowest BCUT2D eigenvalue weighted by atomic mass is 9.99. The van der Waals surface area contributed by atoms with E-state index in [1.165, 1.54) is 11.3 Å². The number of hydrogen-bond acceptors (Lipinski definition) is 9. The van der Waals surface area contributed by atoms with Crippen molar-refractivity contribution >= 4 is 153 Å². The highest BCUT2D eigenvalue weighted by atomic mass is 32.1. The Morgan fingerprint density at radius 3 is 1.07 bits per heavy atom. The summed E-state index contributed by atoms with van der Waals surface area (Å²) in [7, 11) is 0. The maximum Gasteiger partial charge on any atom is 0.236 e. The average Bonchev–Trinajstić information content (AvgIpc) is 4.09. The second kappa shape index (κ2) is 14.7. The minimum atomic E-state index is 0.530. The molecule has 15 aromatic rings. The van der Waals surface area contributed by atoms with Crippen LogP contribution < -0.4 is 9.80 Å². The van der Waals surface area contributed by atoms with Gasteiger partial charge in [0.15, 0.2) is 0 Å². The number of furan rings is 2. The Morgan fingerprint density at radius 2 is 0.667 bits per heavy atom. The van der Waals surface area contributed by atoms with Crippen LogP contribution in [0, 0.1) is 0 Å². The Bertz CT molecular complexity index is 4210. The van der Waals surface area contributed by atoms with Gasteiger partial charge >= 0.3 is 0 Å². The summed E-state index contributed by atoms with van der Waals surface area (Å²) in [6.45, 7) is 0. The first-order valence-corrected chi connectivity index (χ1v) is 23.7. The number of aromatic nitrogens is 4. The van der Waals surface area contributed by atoms with Crippen molar-refractivity contribution in [1.29, 1.82) is 0 Å². The fourth-order valence-corrected chi connectivity index (χ4v) is 11.4. The molecule has 69 heavy (non-hydrogen) atoms. The molecule has 0 aliphatic carbocycles. The minimum Gasteiger partial charge on any atom is -0.456 e. The van der Waals surface area contributed by atoms with Crippen LogP contribution in [0.3, 0.4) is 0 Å². The molecule has 0 saturated heterocycles. The molecule has 15 rings (SSSR count). The van der Waals surface area contributed by atoms with Crippen molar-refractivity contribution in [3.63, 3.8) is 0 Å². The Labute approximate surface area is 396 Å². The van der Waals surface area contributed by atoms with Gasteiger partial charge in [-0.25, -0.2) is 19.9 Å². The third kappa shape index (κ3) is 5.81. The zero-order valence-electron chi connectivity index (χ0n) is 36.5. The molecule has 8 nitrogen and oxygen atoms in total. The molecule has 0 aliphatic rings. The van der Waals surface area contributed by atoms with Crippen LogP contribution in [-0.4, -0.2) is 19.9 Å². The molecule has 322 valence electrons. The van der Waals surface area contributed by atoms with Crippen LogP contribution in [0.1, 0.15) is 0 Å². The summed E-state index contributed by atoms with van der Waals surface area (Å²) >= 11 is 1.54. The third-order valence-electron chi connectivity index (χ3n) is 13.5. The zero-order chi connectivity index (χ0) is 45.2. The standard InChI is InChI=1S/C60H34N6O2S/c1-5-17-41-35(13-1)29-36-14-2-6-18-42(36)55(41)65(39-25-27-47-45-21-9-11-23-51(45)67-53(47)31-39)59-61-33-49-50-34-62-60(64-58(50)69-57(49)63-59)66(40-26-28-48-46-22-10-12-24-52(46)68-54(48)32-40)56-43-19-7-3-15-37(43)30-38-16-4-8-20-44(38)56/h1-34H. The van der Waals surface area contributed by atoms with Gasteiger partial charge in [0.05, 0.1) is 22.7 Å². The van der Waals surface area contributed by atoms with E-state index in [9.17, 15) is 0 Å². The van der Waals surface area contributed by atoms with Crippen LogP contribution in [0.4, 0.5) is 34.6 Å². The van der Waals surface area contributed by atoms with E-state index < -0.39 is 0 Å². The number of hydrogen-bond donors (Lipinski definition) is 0. The van der Waals surface area contributed by atoms with E-state index >= 15 is 0 Å². The van der Waals surface area contributed by atoms with E-state index in [-0.39, 0.29) is 0 Å². The summed E-state index contributed by atoms with van der Waals surface area (Å²) in [5, 5.41) is 14.8. The van der Waals surface area contributed by atoms with E-state index in [1.54, 1.807) is 0 Å². The van der Waals surface area contributed by atoms with Gasteiger partial charge in [-0.05, 0) is 70.1 Å². The van der Waals surface area contributed by atoms with Crippen molar-refractivity contribution in [3.8, 4) is 0 Å². The van der Waals surface area contributed by atoms with Gasteiger partial charge in [0.1, 0.15) is 32.0 Å². The largest absolute Gasteiger partial charge is 0.456 e. The molecule has 0 N–H and O–H groups in total. The Kier molecular flexibility index (Phi) is 8.07. The van der Waals surface area contributed by atoms with Crippen molar-refractivity contribution < 1.29 is 8.83 Å². The summed E-state index contributed by atoms with van der Waals surface area (Å²) in [5.74, 6) is 1.06. The lowest BCUT2D eigenvalue weighted by Gasteiger charge is -2.26. The molecule has 0 radical (unpaired) electrons. The summed E-state index contributed by atoms with van der Waals surface area (Å²) in [6, 6.07) is 67.7. The summed E-state index contributed by atoms with van der Waals surface area (Å²) in [6.07, 6.45) is 3.84. The van der Waals surface area contributed by atoms with E-state index in [0.29, 0.717) is 11.9 Å². The first kappa shape index (κ1) is 38.0. The van der Waals surface area contributed by atoms with Gasteiger partial charge < -0.3 is 8.83 Å². The van der Waals surface area contributed by atoms with Crippen LogP contribution in [0.2, 0.25) is 0 Å². The van der Waals surface area contributed by atoms with E-state index in [1.807, 2.05) is 48.8 Å². The van der Waals surface area contributed by atoms with Gasteiger partial charge in [-0.2, -0.15) is 0 Å². The predicted octanol–water partition coefficient (Wildman–Crippen LogP) is 17.0. The summed E-state index contributed by atoms with van der Waals surface area (Å²) in [5.41, 5.74) is 7.00. The molecule has 5 heterocycles. The molecular weight excluding hydrogens is 869 g/mol. The number of para-hydroxylation sites is 2. The number of benzene rings is 10. The lowest BCUT2D eigenvalue weighted by Crippen LogP contribution is -2.14. The number of rotatable bonds is 6. The Balaban J connectivity index is 0.949. The second-order valence-corrected chi connectivity index (χ2v) is 18.4. The SMILES string of the molecule is c1ccc2c(N(c3ccc4c(c3)oc3ccccc34)c3ncc4c(n3)sc3nc(N(c5ccc6c(c5)oc5ccccc56)c5c6ccccc6cc6ccccc56)ncc34)c3ccccc3cc2c1. The molecule has 0 spiro atoms. The van der Waals surface area contributed by atoms with Gasteiger partial charge in [0, 0.05) is 78.4 Å². The highest BCUT2D eigenvalue weighted by Crippen LogP contribution is 2.47. The number of nitrogens with zero attached hydrogens (tertiary/aromatic N) is 6. The van der Waals surface area contributed by atoms with E-state index in [0.717, 1.165) is 130 Å². The van der Waals surface area contributed by atoms with Crippen LogP contribution in [-0.2, 0) is 0 Å². The molecule has 0 bridgehead atoms. The van der Waals surface area contributed by atoms with Crippen molar-refractivity contribution in [3.05, 3.63) is 207 Å². The zero-order valence-corrected chi connectivity index (χ0v) is 37.4. The molecule has 0 aliphatic heterocycles. The Hall–Kier alpha value is -9.18. The molecule has 5 aromatic heterocycles. The van der Waals surface area contributed by atoms with Crippen LogP contribution in [0.15, 0.2) is 215 Å². The molecule has 0 unspecified atom stereocenters. The first-order chi connectivity index (χ1) is 34.2. The number of fused-ring (bicyclic) bond motifs is 13. The van der Waals surface area contributed by atoms with Crippen LogP contribution >= 0.6 is 11.3 Å². The van der Waals surface area contributed by atoms with Crippen molar-refractivity contribution in [2.45, 2.75) is 0 Å².